The zero-order valence-electron chi connectivity index (χ0n) is 12.2. The largest absolute Gasteiger partial charge is 0.466 e. The summed E-state index contributed by atoms with van der Waals surface area (Å²) in [5.41, 5.74) is 0. The van der Waals surface area contributed by atoms with E-state index in [1.165, 1.54) is 0 Å². The Balaban J connectivity index is 2.21. The van der Waals surface area contributed by atoms with Gasteiger partial charge in [-0.2, -0.15) is 0 Å². The van der Waals surface area contributed by atoms with Gasteiger partial charge < -0.3 is 14.5 Å². The van der Waals surface area contributed by atoms with Crippen molar-refractivity contribution < 1.29 is 9.53 Å². The number of ether oxygens (including phenoxy) is 1. The van der Waals surface area contributed by atoms with Gasteiger partial charge in [-0.15, -0.1) is 0 Å². The quantitative estimate of drug-likeness (QED) is 0.648. The Morgan fingerprint density at radius 3 is 2.33 bits per heavy atom. The molecule has 1 saturated heterocycles. The first-order chi connectivity index (χ1) is 8.71. The molecule has 0 spiro atoms. The van der Waals surface area contributed by atoms with Gasteiger partial charge in [-0.3, -0.25) is 4.79 Å². The maximum Gasteiger partial charge on any atom is 0.309 e. The lowest BCUT2D eigenvalue weighted by atomic mass is 9.97. The fraction of sp³-hybridized carbons (Fsp3) is 0.929. The molecule has 1 aliphatic heterocycles. The smallest absolute Gasteiger partial charge is 0.309 e. The Kier molecular flexibility index (Phi) is 7.28. The summed E-state index contributed by atoms with van der Waals surface area (Å²) in [5.74, 6) is 0.135. The number of carbonyl (C=O) groups is 1. The van der Waals surface area contributed by atoms with Crippen molar-refractivity contribution in [2.75, 3.05) is 45.9 Å². The van der Waals surface area contributed by atoms with Crippen molar-refractivity contribution >= 4 is 5.97 Å². The molecule has 0 N–H and O–H groups in total. The molecule has 4 heteroatoms. The van der Waals surface area contributed by atoms with Crippen LogP contribution in [0.15, 0.2) is 0 Å². The van der Waals surface area contributed by atoms with E-state index in [1.807, 2.05) is 6.92 Å². The van der Waals surface area contributed by atoms with Gasteiger partial charge in [0.05, 0.1) is 12.5 Å². The molecule has 106 valence electrons. The molecule has 0 aromatic carbocycles. The normalized spacial score (nSPS) is 18.2. The first-order valence-corrected chi connectivity index (χ1v) is 7.32. The Hall–Kier alpha value is -0.610. The maximum atomic E-state index is 11.6. The predicted octanol–water partition coefficient (Wildman–Crippen LogP) is 1.60. The lowest BCUT2D eigenvalue weighted by Gasteiger charge is -2.32. The van der Waals surface area contributed by atoms with E-state index in [9.17, 15) is 4.79 Å². The van der Waals surface area contributed by atoms with Gasteiger partial charge >= 0.3 is 5.97 Å². The minimum atomic E-state index is 0.000827. The SMILES string of the molecule is CCOC(=O)C1CCN(CCN(CC)CC)CC1. The average molecular weight is 256 g/mol. The van der Waals surface area contributed by atoms with Crippen LogP contribution in [0.4, 0.5) is 0 Å². The minimum absolute atomic E-state index is 0.000827. The molecule has 1 heterocycles. The van der Waals surface area contributed by atoms with Crippen LogP contribution in [-0.2, 0) is 9.53 Å². The number of likely N-dealkylation sites (tertiary alicyclic amines) is 1. The van der Waals surface area contributed by atoms with Crippen LogP contribution < -0.4 is 0 Å². The zero-order valence-corrected chi connectivity index (χ0v) is 12.2. The van der Waals surface area contributed by atoms with E-state index in [4.69, 9.17) is 4.74 Å². The van der Waals surface area contributed by atoms with Gasteiger partial charge in [-0.05, 0) is 45.9 Å². The summed E-state index contributed by atoms with van der Waals surface area (Å²) >= 11 is 0. The van der Waals surface area contributed by atoms with Gasteiger partial charge in [-0.1, -0.05) is 13.8 Å². The predicted molar refractivity (Wildman–Crippen MR) is 73.6 cm³/mol. The van der Waals surface area contributed by atoms with Gasteiger partial charge in [0.1, 0.15) is 0 Å². The third kappa shape index (κ3) is 4.94. The number of likely N-dealkylation sites (N-methyl/N-ethyl adjacent to an activating group) is 1. The van der Waals surface area contributed by atoms with Gasteiger partial charge in [-0.25, -0.2) is 0 Å². The van der Waals surface area contributed by atoms with Crippen molar-refractivity contribution in [1.29, 1.82) is 0 Å². The molecule has 1 aliphatic rings. The van der Waals surface area contributed by atoms with E-state index in [2.05, 4.69) is 23.6 Å². The van der Waals surface area contributed by atoms with Crippen LogP contribution in [-0.4, -0.2) is 61.6 Å². The molecule has 0 aromatic rings. The molecule has 18 heavy (non-hydrogen) atoms. The third-order valence-electron chi connectivity index (χ3n) is 3.83. The summed E-state index contributed by atoms with van der Waals surface area (Å²) in [6.45, 7) is 13.3. The van der Waals surface area contributed by atoms with Crippen molar-refractivity contribution in [2.24, 2.45) is 5.92 Å². The van der Waals surface area contributed by atoms with Crippen LogP contribution in [0.25, 0.3) is 0 Å². The number of hydrogen-bond donors (Lipinski definition) is 0. The van der Waals surface area contributed by atoms with Gasteiger partial charge in [0, 0.05) is 13.1 Å². The summed E-state index contributed by atoms with van der Waals surface area (Å²) in [7, 11) is 0. The summed E-state index contributed by atoms with van der Waals surface area (Å²) < 4.78 is 5.08. The monoisotopic (exact) mass is 256 g/mol. The summed E-state index contributed by atoms with van der Waals surface area (Å²) in [6.07, 6.45) is 1.91. The molecular formula is C14H28N2O2. The molecular weight excluding hydrogens is 228 g/mol. The lowest BCUT2D eigenvalue weighted by molar-refractivity contribution is -0.149. The number of nitrogens with zero attached hydrogens (tertiary/aromatic N) is 2. The minimum Gasteiger partial charge on any atom is -0.466 e. The lowest BCUT2D eigenvalue weighted by Crippen LogP contribution is -2.41. The van der Waals surface area contributed by atoms with Crippen molar-refractivity contribution in [1.82, 2.24) is 9.80 Å². The highest BCUT2D eigenvalue weighted by atomic mass is 16.5. The highest BCUT2D eigenvalue weighted by Crippen LogP contribution is 2.18. The second-order valence-electron chi connectivity index (χ2n) is 4.89. The molecule has 0 bridgehead atoms. The molecule has 1 fully saturated rings. The van der Waals surface area contributed by atoms with E-state index in [0.717, 1.165) is 52.1 Å². The van der Waals surface area contributed by atoms with Crippen LogP contribution >= 0.6 is 0 Å². The van der Waals surface area contributed by atoms with Crippen molar-refractivity contribution in [2.45, 2.75) is 33.6 Å². The first-order valence-electron chi connectivity index (χ1n) is 7.32. The summed E-state index contributed by atoms with van der Waals surface area (Å²) in [6, 6.07) is 0. The topological polar surface area (TPSA) is 32.8 Å². The van der Waals surface area contributed by atoms with E-state index in [0.29, 0.717) is 6.61 Å². The van der Waals surface area contributed by atoms with Crippen LogP contribution in [0.1, 0.15) is 33.6 Å². The molecule has 4 nitrogen and oxygen atoms in total. The Morgan fingerprint density at radius 1 is 1.22 bits per heavy atom. The summed E-state index contributed by atoms with van der Waals surface area (Å²) in [4.78, 5) is 16.5. The molecule has 0 atom stereocenters. The molecule has 0 unspecified atom stereocenters. The fourth-order valence-electron chi connectivity index (χ4n) is 2.48. The van der Waals surface area contributed by atoms with E-state index in [1.54, 1.807) is 0 Å². The summed E-state index contributed by atoms with van der Waals surface area (Å²) in [5, 5.41) is 0. The van der Waals surface area contributed by atoms with Crippen LogP contribution in [0.2, 0.25) is 0 Å². The zero-order chi connectivity index (χ0) is 13.4. The molecule has 0 saturated carbocycles. The molecule has 0 amide bonds. The highest BCUT2D eigenvalue weighted by molar-refractivity contribution is 5.72. The van der Waals surface area contributed by atoms with Gasteiger partial charge in [0.25, 0.3) is 0 Å². The van der Waals surface area contributed by atoms with Gasteiger partial charge in [0.2, 0.25) is 0 Å². The third-order valence-corrected chi connectivity index (χ3v) is 3.83. The van der Waals surface area contributed by atoms with Crippen molar-refractivity contribution in [3.63, 3.8) is 0 Å². The van der Waals surface area contributed by atoms with E-state index in [-0.39, 0.29) is 11.9 Å². The molecule has 0 aliphatic carbocycles. The second kappa shape index (κ2) is 8.48. The number of carbonyl (C=O) groups excluding carboxylic acids is 1. The molecule has 0 radical (unpaired) electrons. The Bertz CT molecular complexity index is 234. The molecule has 1 rings (SSSR count). The fourth-order valence-corrected chi connectivity index (χ4v) is 2.48. The number of piperidine rings is 1. The van der Waals surface area contributed by atoms with Crippen LogP contribution in [0.5, 0.6) is 0 Å². The van der Waals surface area contributed by atoms with E-state index >= 15 is 0 Å². The second-order valence-corrected chi connectivity index (χ2v) is 4.89. The Morgan fingerprint density at radius 2 is 1.83 bits per heavy atom. The van der Waals surface area contributed by atoms with Crippen molar-refractivity contribution in [3.05, 3.63) is 0 Å². The van der Waals surface area contributed by atoms with E-state index < -0.39 is 0 Å². The number of rotatable bonds is 7. The first kappa shape index (κ1) is 15.4. The number of esters is 1. The number of hydrogen-bond acceptors (Lipinski definition) is 4. The maximum absolute atomic E-state index is 11.6. The van der Waals surface area contributed by atoms with Crippen molar-refractivity contribution in [3.8, 4) is 0 Å². The highest BCUT2D eigenvalue weighted by Gasteiger charge is 2.25. The average Bonchev–Trinajstić information content (AvgIpc) is 2.41. The van der Waals surface area contributed by atoms with Crippen LogP contribution in [0, 0.1) is 5.92 Å². The molecule has 0 aromatic heterocycles. The Labute approximate surface area is 111 Å². The van der Waals surface area contributed by atoms with Crippen LogP contribution in [0.3, 0.4) is 0 Å². The standard InChI is InChI=1S/C14H28N2O2/c1-4-15(5-2)11-12-16-9-7-13(8-10-16)14(17)18-6-3/h13H,4-12H2,1-3H3. The van der Waals surface area contributed by atoms with Gasteiger partial charge in [0.15, 0.2) is 0 Å².